The van der Waals surface area contributed by atoms with E-state index in [4.69, 9.17) is 5.53 Å². The molecule has 1 rings (SSSR count). The standard InChI is InChI=1S/C10H7F4N3O3/c1-2-19-9(18)4-3-5(11)7(16-17-15)8(6(4)12)20-10(13)14/h3,10H,2H2,1H3. The molecular formula is C10H7F4N3O3. The Bertz CT molecular complexity index is 573. The molecule has 108 valence electrons. The van der Waals surface area contributed by atoms with E-state index in [-0.39, 0.29) is 6.61 Å². The van der Waals surface area contributed by atoms with Gasteiger partial charge in [0.1, 0.15) is 17.1 Å². The largest absolute Gasteiger partial charge is 0.462 e. The Hall–Kier alpha value is -2.48. The van der Waals surface area contributed by atoms with Crippen molar-refractivity contribution < 1.29 is 31.8 Å². The number of carbonyl (C=O) groups is 1. The molecule has 6 nitrogen and oxygen atoms in total. The molecule has 0 aliphatic carbocycles. The van der Waals surface area contributed by atoms with Crippen molar-refractivity contribution in [1.82, 2.24) is 0 Å². The lowest BCUT2D eigenvalue weighted by Crippen LogP contribution is -2.11. The highest BCUT2D eigenvalue weighted by molar-refractivity contribution is 5.91. The minimum Gasteiger partial charge on any atom is -0.462 e. The average molecular weight is 293 g/mol. The van der Waals surface area contributed by atoms with Crippen molar-refractivity contribution in [3.05, 3.63) is 33.7 Å². The summed E-state index contributed by atoms with van der Waals surface area (Å²) in [5.74, 6) is -5.63. The number of hydrogen-bond acceptors (Lipinski definition) is 4. The van der Waals surface area contributed by atoms with Gasteiger partial charge in [-0.15, -0.1) is 0 Å². The van der Waals surface area contributed by atoms with Gasteiger partial charge in [0.15, 0.2) is 11.6 Å². The second-order valence-electron chi connectivity index (χ2n) is 3.19. The summed E-state index contributed by atoms with van der Waals surface area (Å²) in [6, 6.07) is 0.371. The van der Waals surface area contributed by atoms with E-state index in [1.54, 1.807) is 0 Å². The van der Waals surface area contributed by atoms with Crippen LogP contribution in [0.2, 0.25) is 0 Å². The molecule has 0 saturated heterocycles. The van der Waals surface area contributed by atoms with Gasteiger partial charge in [0, 0.05) is 4.91 Å². The lowest BCUT2D eigenvalue weighted by molar-refractivity contribution is -0.0520. The number of ether oxygens (including phenoxy) is 2. The van der Waals surface area contributed by atoms with Gasteiger partial charge in [-0.1, -0.05) is 5.11 Å². The van der Waals surface area contributed by atoms with Crippen LogP contribution < -0.4 is 4.74 Å². The third-order valence-electron chi connectivity index (χ3n) is 2.00. The topological polar surface area (TPSA) is 84.3 Å². The number of carbonyl (C=O) groups excluding carboxylic acids is 1. The number of benzene rings is 1. The van der Waals surface area contributed by atoms with Gasteiger partial charge in [-0.3, -0.25) is 0 Å². The molecule has 10 heteroatoms. The zero-order valence-corrected chi connectivity index (χ0v) is 9.94. The van der Waals surface area contributed by atoms with Crippen molar-refractivity contribution in [3.8, 4) is 5.75 Å². The lowest BCUT2D eigenvalue weighted by Gasteiger charge is -2.12. The number of alkyl halides is 2. The molecule has 0 spiro atoms. The molecule has 0 aromatic heterocycles. The van der Waals surface area contributed by atoms with Crippen LogP contribution in [-0.2, 0) is 4.74 Å². The highest BCUT2D eigenvalue weighted by Gasteiger charge is 2.26. The Kier molecular flexibility index (Phi) is 5.15. The maximum absolute atomic E-state index is 13.9. The quantitative estimate of drug-likeness (QED) is 0.273. The van der Waals surface area contributed by atoms with E-state index < -0.39 is 41.2 Å². The number of hydrogen-bond donors (Lipinski definition) is 0. The van der Waals surface area contributed by atoms with Crippen LogP contribution in [-0.4, -0.2) is 19.2 Å². The van der Waals surface area contributed by atoms with Crippen molar-refractivity contribution in [3.63, 3.8) is 0 Å². The summed E-state index contributed by atoms with van der Waals surface area (Å²) < 4.78 is 60.0. The molecule has 0 unspecified atom stereocenters. The predicted octanol–water partition coefficient (Wildman–Crippen LogP) is 3.68. The van der Waals surface area contributed by atoms with E-state index in [2.05, 4.69) is 19.5 Å². The van der Waals surface area contributed by atoms with E-state index in [1.165, 1.54) is 6.92 Å². The number of nitrogens with zero attached hydrogens (tertiary/aromatic N) is 3. The predicted molar refractivity (Wildman–Crippen MR) is 57.8 cm³/mol. The molecule has 1 aromatic carbocycles. The fraction of sp³-hybridized carbons (Fsp3) is 0.300. The summed E-state index contributed by atoms with van der Waals surface area (Å²) in [6.45, 7) is -2.23. The normalized spacial score (nSPS) is 10.1. The molecule has 0 radical (unpaired) electrons. The number of azide groups is 1. The van der Waals surface area contributed by atoms with Crippen molar-refractivity contribution in [2.75, 3.05) is 6.61 Å². The Morgan fingerprint density at radius 1 is 1.50 bits per heavy atom. The molecule has 0 saturated carbocycles. The van der Waals surface area contributed by atoms with Gasteiger partial charge in [0.05, 0.1) is 6.61 Å². The summed E-state index contributed by atoms with van der Waals surface area (Å²) in [4.78, 5) is 13.5. The van der Waals surface area contributed by atoms with Gasteiger partial charge in [0.25, 0.3) is 0 Å². The SMILES string of the molecule is CCOC(=O)c1cc(F)c(N=[N+]=[N-])c(OC(F)F)c1F. The first-order chi connectivity index (χ1) is 9.42. The van der Waals surface area contributed by atoms with Gasteiger partial charge in [-0.05, 0) is 18.5 Å². The van der Waals surface area contributed by atoms with Crippen LogP contribution >= 0.6 is 0 Å². The third-order valence-corrected chi connectivity index (χ3v) is 2.00. The number of esters is 1. The monoisotopic (exact) mass is 293 g/mol. The van der Waals surface area contributed by atoms with Gasteiger partial charge in [0.2, 0.25) is 0 Å². The second kappa shape index (κ2) is 6.62. The number of rotatable bonds is 5. The third kappa shape index (κ3) is 3.29. The summed E-state index contributed by atoms with van der Waals surface area (Å²) in [5, 5.41) is 2.72. The maximum Gasteiger partial charge on any atom is 0.387 e. The summed E-state index contributed by atoms with van der Waals surface area (Å²) in [6.07, 6.45) is 0. The smallest absolute Gasteiger partial charge is 0.387 e. The summed E-state index contributed by atoms with van der Waals surface area (Å²) in [5.41, 5.74) is 6.13. The van der Waals surface area contributed by atoms with Gasteiger partial charge in [-0.25, -0.2) is 13.6 Å². The van der Waals surface area contributed by atoms with Crippen LogP contribution in [0, 0.1) is 11.6 Å². The summed E-state index contributed by atoms with van der Waals surface area (Å²) in [7, 11) is 0. The zero-order chi connectivity index (χ0) is 15.3. The molecule has 0 aliphatic heterocycles. The lowest BCUT2D eigenvalue weighted by atomic mass is 10.1. The molecule has 0 amide bonds. The Morgan fingerprint density at radius 3 is 2.65 bits per heavy atom. The van der Waals surface area contributed by atoms with E-state index in [0.717, 1.165) is 0 Å². The van der Waals surface area contributed by atoms with Crippen molar-refractivity contribution in [1.29, 1.82) is 0 Å². The van der Waals surface area contributed by atoms with Crippen LogP contribution in [0.25, 0.3) is 10.4 Å². The van der Waals surface area contributed by atoms with Crippen molar-refractivity contribution in [2.24, 2.45) is 5.11 Å². The number of halogens is 4. The fourth-order valence-corrected chi connectivity index (χ4v) is 1.29. The zero-order valence-electron chi connectivity index (χ0n) is 9.94. The summed E-state index contributed by atoms with van der Waals surface area (Å²) >= 11 is 0. The molecule has 0 bridgehead atoms. The Labute approximate surface area is 109 Å². The Morgan fingerprint density at radius 2 is 2.15 bits per heavy atom. The molecule has 0 atom stereocenters. The molecule has 0 heterocycles. The molecule has 1 aromatic rings. The highest BCUT2D eigenvalue weighted by atomic mass is 19.3. The molecule has 0 aliphatic rings. The molecular weight excluding hydrogens is 286 g/mol. The average Bonchev–Trinajstić information content (AvgIpc) is 2.37. The Balaban J connectivity index is 3.49. The van der Waals surface area contributed by atoms with E-state index in [0.29, 0.717) is 6.07 Å². The van der Waals surface area contributed by atoms with Gasteiger partial charge in [-0.2, -0.15) is 8.78 Å². The fourth-order valence-electron chi connectivity index (χ4n) is 1.29. The van der Waals surface area contributed by atoms with Crippen LogP contribution in [0.5, 0.6) is 5.75 Å². The maximum atomic E-state index is 13.9. The van der Waals surface area contributed by atoms with Crippen LogP contribution in [0.15, 0.2) is 11.2 Å². The first-order valence-electron chi connectivity index (χ1n) is 5.11. The van der Waals surface area contributed by atoms with Crippen molar-refractivity contribution in [2.45, 2.75) is 13.5 Å². The second-order valence-corrected chi connectivity index (χ2v) is 3.19. The first-order valence-corrected chi connectivity index (χ1v) is 5.11. The van der Waals surface area contributed by atoms with Crippen LogP contribution in [0.4, 0.5) is 23.2 Å². The molecule has 0 fully saturated rings. The molecule has 20 heavy (non-hydrogen) atoms. The minimum atomic E-state index is -3.51. The van der Waals surface area contributed by atoms with E-state index in [1.807, 2.05) is 0 Å². The molecule has 0 N–H and O–H groups in total. The van der Waals surface area contributed by atoms with E-state index in [9.17, 15) is 22.4 Å². The van der Waals surface area contributed by atoms with Crippen LogP contribution in [0.1, 0.15) is 17.3 Å². The first kappa shape index (κ1) is 15.6. The van der Waals surface area contributed by atoms with Gasteiger partial charge >= 0.3 is 12.6 Å². The highest BCUT2D eigenvalue weighted by Crippen LogP contribution is 2.37. The van der Waals surface area contributed by atoms with Crippen molar-refractivity contribution >= 4 is 11.7 Å². The van der Waals surface area contributed by atoms with Crippen LogP contribution in [0.3, 0.4) is 0 Å². The van der Waals surface area contributed by atoms with E-state index >= 15 is 0 Å². The van der Waals surface area contributed by atoms with Gasteiger partial charge < -0.3 is 9.47 Å². The minimum absolute atomic E-state index is 0.136.